The normalized spacial score (nSPS) is 11.6. The molecule has 0 aromatic heterocycles. The molecule has 0 amide bonds. The second-order valence-corrected chi connectivity index (χ2v) is 6.31. The molecule has 0 aliphatic rings. The largest absolute Gasteiger partial charge is 0.313 e. The Kier molecular flexibility index (Phi) is 4.61. The van der Waals surface area contributed by atoms with Crippen LogP contribution in [-0.4, -0.2) is 6.54 Å². The zero-order chi connectivity index (χ0) is 14.6. The van der Waals surface area contributed by atoms with Crippen LogP contribution < -0.4 is 5.32 Å². The van der Waals surface area contributed by atoms with Gasteiger partial charge in [0.25, 0.3) is 0 Å². The van der Waals surface area contributed by atoms with E-state index >= 15 is 0 Å². The fourth-order valence-corrected chi connectivity index (χ4v) is 2.29. The molecule has 0 bridgehead atoms. The van der Waals surface area contributed by atoms with Crippen molar-refractivity contribution in [1.29, 1.82) is 0 Å². The van der Waals surface area contributed by atoms with Crippen LogP contribution in [0.2, 0.25) is 0 Å². The highest BCUT2D eigenvalue weighted by Gasteiger charge is 2.12. The third-order valence-corrected chi connectivity index (χ3v) is 3.59. The minimum atomic E-state index is 0.214. The molecule has 2 aromatic carbocycles. The molecule has 1 N–H and O–H groups in total. The van der Waals surface area contributed by atoms with E-state index in [1.807, 2.05) is 0 Å². The third kappa shape index (κ3) is 3.71. The molecule has 0 fully saturated rings. The number of nitrogens with one attached hydrogen (secondary N) is 1. The van der Waals surface area contributed by atoms with Crippen LogP contribution in [-0.2, 0) is 12.0 Å². The van der Waals surface area contributed by atoms with Crippen molar-refractivity contribution in [3.05, 3.63) is 59.7 Å². The highest BCUT2D eigenvalue weighted by atomic mass is 14.8. The van der Waals surface area contributed by atoms with Gasteiger partial charge in [0, 0.05) is 6.54 Å². The number of rotatable bonds is 4. The van der Waals surface area contributed by atoms with Crippen LogP contribution >= 0.6 is 0 Å². The quantitative estimate of drug-likeness (QED) is 0.842. The van der Waals surface area contributed by atoms with Gasteiger partial charge in [-0.15, -0.1) is 0 Å². The summed E-state index contributed by atoms with van der Waals surface area (Å²) < 4.78 is 0. The van der Waals surface area contributed by atoms with Gasteiger partial charge in [-0.25, -0.2) is 0 Å². The van der Waals surface area contributed by atoms with Gasteiger partial charge in [0.05, 0.1) is 0 Å². The van der Waals surface area contributed by atoms with Crippen molar-refractivity contribution in [3.63, 3.8) is 0 Å². The molecule has 106 valence electrons. The van der Waals surface area contributed by atoms with Crippen LogP contribution in [0.25, 0.3) is 11.1 Å². The minimum Gasteiger partial charge on any atom is -0.313 e. The first-order valence-corrected chi connectivity index (χ1v) is 7.41. The third-order valence-electron chi connectivity index (χ3n) is 3.59. The Morgan fingerprint density at radius 3 is 2.20 bits per heavy atom. The van der Waals surface area contributed by atoms with Crippen molar-refractivity contribution >= 4 is 0 Å². The maximum absolute atomic E-state index is 3.37. The molecule has 0 aliphatic heterocycles. The van der Waals surface area contributed by atoms with Crippen molar-refractivity contribution in [2.75, 3.05) is 6.54 Å². The maximum atomic E-state index is 3.37. The summed E-state index contributed by atoms with van der Waals surface area (Å²) >= 11 is 0. The van der Waals surface area contributed by atoms with Crippen LogP contribution in [0.5, 0.6) is 0 Å². The molecule has 0 unspecified atom stereocenters. The molecule has 0 aliphatic carbocycles. The van der Waals surface area contributed by atoms with Gasteiger partial charge in [0.1, 0.15) is 0 Å². The van der Waals surface area contributed by atoms with Gasteiger partial charge < -0.3 is 5.32 Å². The summed E-state index contributed by atoms with van der Waals surface area (Å²) in [5, 5.41) is 3.37. The van der Waals surface area contributed by atoms with Gasteiger partial charge in [-0.05, 0) is 40.3 Å². The van der Waals surface area contributed by atoms with E-state index in [1.54, 1.807) is 0 Å². The zero-order valence-corrected chi connectivity index (χ0v) is 13.0. The second kappa shape index (κ2) is 6.23. The molecule has 20 heavy (non-hydrogen) atoms. The van der Waals surface area contributed by atoms with Gasteiger partial charge >= 0.3 is 0 Å². The first kappa shape index (κ1) is 14.8. The van der Waals surface area contributed by atoms with Gasteiger partial charge in [0.2, 0.25) is 0 Å². The Morgan fingerprint density at radius 2 is 1.60 bits per heavy atom. The Labute approximate surface area is 123 Å². The number of benzene rings is 2. The van der Waals surface area contributed by atoms with Crippen molar-refractivity contribution < 1.29 is 0 Å². The predicted octanol–water partition coefficient (Wildman–Crippen LogP) is 4.76. The molecule has 0 saturated carbocycles. The Bertz CT molecular complexity index is 547. The summed E-state index contributed by atoms with van der Waals surface area (Å²) in [5.41, 5.74) is 5.51. The first-order chi connectivity index (χ1) is 9.50. The smallest absolute Gasteiger partial charge is 0.0205 e. The molecule has 0 heterocycles. The van der Waals surface area contributed by atoms with Gasteiger partial charge in [0.15, 0.2) is 0 Å². The fourth-order valence-electron chi connectivity index (χ4n) is 2.29. The lowest BCUT2D eigenvalue weighted by atomic mass is 9.86. The van der Waals surface area contributed by atoms with Crippen LogP contribution in [0, 0.1) is 0 Å². The lowest BCUT2D eigenvalue weighted by molar-refractivity contribution is 0.590. The van der Waals surface area contributed by atoms with Gasteiger partial charge in [-0.2, -0.15) is 0 Å². The summed E-state index contributed by atoms with van der Waals surface area (Å²) in [6.07, 6.45) is 0. The van der Waals surface area contributed by atoms with E-state index in [4.69, 9.17) is 0 Å². The van der Waals surface area contributed by atoms with E-state index in [0.29, 0.717) is 0 Å². The fraction of sp³-hybridized carbons (Fsp3) is 0.368. The van der Waals surface area contributed by atoms with E-state index in [0.717, 1.165) is 13.1 Å². The van der Waals surface area contributed by atoms with E-state index in [9.17, 15) is 0 Å². The Balaban J connectivity index is 2.23. The van der Waals surface area contributed by atoms with E-state index in [1.165, 1.54) is 22.3 Å². The highest BCUT2D eigenvalue weighted by molar-refractivity contribution is 5.64. The lowest BCUT2D eigenvalue weighted by Crippen LogP contribution is -2.11. The Morgan fingerprint density at radius 1 is 0.900 bits per heavy atom. The standard InChI is InChI=1S/C19H25N/c1-5-20-14-15-7-6-8-17(13-15)16-9-11-18(12-10-16)19(2,3)4/h6-13,20H,5,14H2,1-4H3. The summed E-state index contributed by atoms with van der Waals surface area (Å²) in [5.74, 6) is 0. The lowest BCUT2D eigenvalue weighted by Gasteiger charge is -2.19. The van der Waals surface area contributed by atoms with Crippen LogP contribution in [0.1, 0.15) is 38.8 Å². The number of hydrogen-bond acceptors (Lipinski definition) is 1. The van der Waals surface area contributed by atoms with Gasteiger partial charge in [-0.3, -0.25) is 0 Å². The van der Waals surface area contributed by atoms with Crippen LogP contribution in [0.15, 0.2) is 48.5 Å². The molecular formula is C19H25N. The van der Waals surface area contributed by atoms with Crippen LogP contribution in [0.3, 0.4) is 0 Å². The van der Waals surface area contributed by atoms with Crippen molar-refractivity contribution in [2.24, 2.45) is 0 Å². The summed E-state index contributed by atoms with van der Waals surface area (Å²) in [6.45, 7) is 10.8. The van der Waals surface area contributed by atoms with Crippen molar-refractivity contribution in [2.45, 2.75) is 39.7 Å². The molecule has 0 radical (unpaired) electrons. The van der Waals surface area contributed by atoms with Crippen LogP contribution in [0.4, 0.5) is 0 Å². The average molecular weight is 267 g/mol. The topological polar surface area (TPSA) is 12.0 Å². The Hall–Kier alpha value is -1.60. The van der Waals surface area contributed by atoms with Crippen molar-refractivity contribution in [3.8, 4) is 11.1 Å². The summed E-state index contributed by atoms with van der Waals surface area (Å²) in [6, 6.07) is 17.7. The minimum absolute atomic E-state index is 0.214. The molecule has 2 rings (SSSR count). The molecule has 1 heteroatoms. The van der Waals surface area contributed by atoms with E-state index < -0.39 is 0 Å². The monoisotopic (exact) mass is 267 g/mol. The molecule has 0 atom stereocenters. The number of hydrogen-bond donors (Lipinski definition) is 1. The highest BCUT2D eigenvalue weighted by Crippen LogP contribution is 2.26. The van der Waals surface area contributed by atoms with E-state index in [2.05, 4.69) is 81.5 Å². The summed E-state index contributed by atoms with van der Waals surface area (Å²) in [4.78, 5) is 0. The first-order valence-electron chi connectivity index (χ1n) is 7.41. The molecule has 2 aromatic rings. The SMILES string of the molecule is CCNCc1cccc(-c2ccc(C(C)(C)C)cc2)c1. The van der Waals surface area contributed by atoms with E-state index in [-0.39, 0.29) is 5.41 Å². The molecule has 0 spiro atoms. The summed E-state index contributed by atoms with van der Waals surface area (Å²) in [7, 11) is 0. The molecule has 1 nitrogen and oxygen atoms in total. The molecule has 0 saturated heterocycles. The second-order valence-electron chi connectivity index (χ2n) is 6.31. The van der Waals surface area contributed by atoms with Gasteiger partial charge in [-0.1, -0.05) is 70.2 Å². The predicted molar refractivity (Wildman–Crippen MR) is 88.0 cm³/mol. The van der Waals surface area contributed by atoms with Crippen molar-refractivity contribution in [1.82, 2.24) is 5.32 Å². The zero-order valence-electron chi connectivity index (χ0n) is 13.0. The molecular weight excluding hydrogens is 242 g/mol. The maximum Gasteiger partial charge on any atom is 0.0205 e. The average Bonchev–Trinajstić information content (AvgIpc) is 2.45.